The number of anilines is 3. The van der Waals surface area contributed by atoms with E-state index in [4.69, 9.17) is 38.3 Å². The topological polar surface area (TPSA) is 83.9 Å². The number of hydrogen-bond acceptors (Lipinski definition) is 6. The molecule has 0 radical (unpaired) electrons. The average Bonchev–Trinajstić information content (AvgIpc) is 3.53. The number of halogens is 1. The van der Waals surface area contributed by atoms with E-state index in [1.165, 1.54) is 12.8 Å². The maximum Gasteiger partial charge on any atom is 0.250 e. The molecular formula is C33H35ClN6O3S. The van der Waals surface area contributed by atoms with Gasteiger partial charge in [-0.2, -0.15) is 0 Å². The van der Waals surface area contributed by atoms with Gasteiger partial charge >= 0.3 is 0 Å². The van der Waals surface area contributed by atoms with E-state index in [0.717, 1.165) is 60.3 Å². The van der Waals surface area contributed by atoms with E-state index < -0.39 is 0 Å². The van der Waals surface area contributed by atoms with Crippen molar-refractivity contribution in [1.29, 1.82) is 0 Å². The van der Waals surface area contributed by atoms with Gasteiger partial charge in [0.1, 0.15) is 6.61 Å². The van der Waals surface area contributed by atoms with Crippen LogP contribution in [0.15, 0.2) is 72.9 Å². The van der Waals surface area contributed by atoms with Crippen molar-refractivity contribution in [2.24, 2.45) is 0 Å². The first kappa shape index (κ1) is 30.1. The Morgan fingerprint density at radius 1 is 1.07 bits per heavy atom. The summed E-state index contributed by atoms with van der Waals surface area (Å²) < 4.78 is 12.7. The summed E-state index contributed by atoms with van der Waals surface area (Å²) in [6.07, 6.45) is 1.80. The third-order valence-electron chi connectivity index (χ3n) is 8.15. The minimum absolute atomic E-state index is 0.0579. The molecule has 0 aliphatic carbocycles. The second-order valence-corrected chi connectivity index (χ2v) is 11.7. The van der Waals surface area contributed by atoms with Gasteiger partial charge in [0.2, 0.25) is 5.91 Å². The Labute approximate surface area is 267 Å². The molecule has 0 saturated carbocycles. The average molecular weight is 631 g/mol. The second kappa shape index (κ2) is 13.0. The van der Waals surface area contributed by atoms with Gasteiger partial charge in [0.05, 0.1) is 41.7 Å². The molecule has 2 aliphatic rings. The molecule has 2 saturated heterocycles. The van der Waals surface area contributed by atoms with Crippen LogP contribution in [-0.2, 0) is 14.3 Å². The van der Waals surface area contributed by atoms with Gasteiger partial charge in [-0.1, -0.05) is 17.7 Å². The van der Waals surface area contributed by atoms with Crippen LogP contribution in [0.1, 0.15) is 34.7 Å². The fourth-order valence-electron chi connectivity index (χ4n) is 6.14. The van der Waals surface area contributed by atoms with Gasteiger partial charge in [-0.3, -0.25) is 9.78 Å². The minimum Gasteiger partial charge on any atom is -0.378 e. The number of morpholine rings is 1. The van der Waals surface area contributed by atoms with Crippen molar-refractivity contribution in [3.05, 3.63) is 101 Å². The molecule has 2 atom stereocenters. The largest absolute Gasteiger partial charge is 0.378 e. The van der Waals surface area contributed by atoms with E-state index in [2.05, 4.69) is 69.2 Å². The molecule has 44 heavy (non-hydrogen) atoms. The van der Waals surface area contributed by atoms with E-state index in [9.17, 15) is 4.79 Å². The number of amides is 1. The lowest BCUT2D eigenvalue weighted by Crippen LogP contribution is -2.36. The van der Waals surface area contributed by atoms with Crippen molar-refractivity contribution >= 4 is 51.9 Å². The van der Waals surface area contributed by atoms with Crippen molar-refractivity contribution < 1.29 is 14.3 Å². The summed E-state index contributed by atoms with van der Waals surface area (Å²) in [6, 6.07) is 22.0. The van der Waals surface area contributed by atoms with E-state index in [1.807, 2.05) is 30.3 Å². The van der Waals surface area contributed by atoms with E-state index in [1.54, 1.807) is 12.3 Å². The molecule has 4 heterocycles. The van der Waals surface area contributed by atoms with Crippen LogP contribution in [0.4, 0.5) is 17.1 Å². The summed E-state index contributed by atoms with van der Waals surface area (Å²) in [6.45, 7) is 7.52. The molecular weight excluding hydrogens is 596 g/mol. The van der Waals surface area contributed by atoms with Gasteiger partial charge in [-0.15, -0.1) is 0 Å². The zero-order valence-corrected chi connectivity index (χ0v) is 26.5. The third-order valence-corrected chi connectivity index (χ3v) is 8.78. The van der Waals surface area contributed by atoms with Crippen LogP contribution in [0.3, 0.4) is 0 Å². The fraction of sp³-hybridized carbons (Fsp3) is 0.303. The Morgan fingerprint density at radius 3 is 2.48 bits per heavy atom. The Kier molecular flexibility index (Phi) is 8.86. The van der Waals surface area contributed by atoms with Crippen LogP contribution in [0.2, 0.25) is 5.02 Å². The number of methoxy groups -OCH3 is 1. The number of pyridine rings is 1. The highest BCUT2D eigenvalue weighted by atomic mass is 35.5. The Balaban J connectivity index is 1.38. The molecule has 9 nitrogen and oxygen atoms in total. The van der Waals surface area contributed by atoms with Crippen LogP contribution in [0.25, 0.3) is 5.69 Å². The summed E-state index contributed by atoms with van der Waals surface area (Å²) in [5.41, 5.74) is 7.84. The van der Waals surface area contributed by atoms with Crippen LogP contribution in [0, 0.1) is 13.8 Å². The number of carbonyl (C=O) groups is 1. The number of benzene rings is 2. The summed E-state index contributed by atoms with van der Waals surface area (Å²) >= 11 is 12.6. The summed E-state index contributed by atoms with van der Waals surface area (Å²) in [4.78, 5) is 21.3. The number of ether oxygens (including phenoxy) is 2. The maximum atomic E-state index is 12.1. The normalized spacial score (nSPS) is 18.4. The van der Waals surface area contributed by atoms with Crippen molar-refractivity contribution in [2.45, 2.75) is 25.9 Å². The first-order chi connectivity index (χ1) is 21.4. The number of carbonyl (C=O) groups excluding carboxylic acids is 1. The Morgan fingerprint density at radius 2 is 1.80 bits per heavy atom. The molecule has 0 spiro atoms. The quantitative estimate of drug-likeness (QED) is 0.239. The number of nitrogens with one attached hydrogen (secondary N) is 2. The van der Waals surface area contributed by atoms with Gasteiger partial charge in [0.25, 0.3) is 0 Å². The summed E-state index contributed by atoms with van der Waals surface area (Å²) in [5, 5.41) is 7.30. The Hall–Kier alpha value is -3.96. The highest BCUT2D eigenvalue weighted by Crippen LogP contribution is 2.44. The van der Waals surface area contributed by atoms with E-state index in [-0.39, 0.29) is 24.6 Å². The van der Waals surface area contributed by atoms with Crippen LogP contribution >= 0.6 is 23.8 Å². The maximum absolute atomic E-state index is 12.1. The lowest BCUT2D eigenvalue weighted by molar-refractivity contribution is -0.119. The van der Waals surface area contributed by atoms with Gasteiger partial charge in [-0.05, 0) is 92.3 Å². The van der Waals surface area contributed by atoms with Gasteiger partial charge in [-0.25, -0.2) is 0 Å². The highest BCUT2D eigenvalue weighted by molar-refractivity contribution is 7.80. The van der Waals surface area contributed by atoms with Gasteiger partial charge in [0.15, 0.2) is 5.11 Å². The first-order valence-corrected chi connectivity index (χ1v) is 15.4. The standard InChI is InChI=1S/C33H35ClN6O3S/c1-21-18-26(22(2)39(21)24-9-7-23(8-10-24)38-14-16-43-17-15-38)32-31(29-6-4-5-13-35-29)37-33(44)40(32)25-11-12-28(27(34)19-25)36-30(41)20-42-3/h4-13,18-19,31-32H,14-17,20H2,1-3H3,(H,36,41)(H,37,44). The molecule has 2 N–H and O–H groups in total. The molecule has 2 unspecified atom stereocenters. The molecule has 2 aromatic heterocycles. The second-order valence-electron chi connectivity index (χ2n) is 10.9. The molecule has 2 aromatic carbocycles. The SMILES string of the molecule is COCC(=O)Nc1ccc(N2C(=S)NC(c3ccccn3)C2c2cc(C)n(-c3ccc(N4CCOCC4)cc3)c2C)cc1Cl. The van der Waals surface area contributed by atoms with Crippen LogP contribution in [0.5, 0.6) is 0 Å². The van der Waals surface area contributed by atoms with E-state index >= 15 is 0 Å². The first-order valence-electron chi connectivity index (χ1n) is 14.6. The van der Waals surface area contributed by atoms with Gasteiger partial charge < -0.3 is 34.5 Å². The molecule has 228 valence electrons. The fourth-order valence-corrected chi connectivity index (χ4v) is 6.71. The van der Waals surface area contributed by atoms with E-state index in [0.29, 0.717) is 15.8 Å². The number of aromatic nitrogens is 2. The Bertz CT molecular complexity index is 1660. The molecule has 4 aromatic rings. The molecule has 2 fully saturated rings. The number of aryl methyl sites for hydroxylation is 1. The number of thiocarbonyl (C=S) groups is 1. The zero-order valence-electron chi connectivity index (χ0n) is 24.9. The molecule has 2 aliphatic heterocycles. The van der Waals surface area contributed by atoms with Gasteiger partial charge in [0, 0.05) is 54.8 Å². The predicted octanol–water partition coefficient (Wildman–Crippen LogP) is 5.74. The third kappa shape index (κ3) is 5.90. The number of hydrogen-bond donors (Lipinski definition) is 2. The van der Waals surface area contributed by atoms with Crippen LogP contribution < -0.4 is 20.4 Å². The summed E-state index contributed by atoms with van der Waals surface area (Å²) in [5.74, 6) is -0.279. The molecule has 0 bridgehead atoms. The smallest absolute Gasteiger partial charge is 0.250 e. The van der Waals surface area contributed by atoms with Crippen molar-refractivity contribution in [2.75, 3.05) is 55.1 Å². The lowest BCUT2D eigenvalue weighted by Gasteiger charge is -2.29. The predicted molar refractivity (Wildman–Crippen MR) is 178 cm³/mol. The van der Waals surface area contributed by atoms with Crippen molar-refractivity contribution in [3.8, 4) is 5.69 Å². The minimum atomic E-state index is -0.279. The lowest BCUT2D eigenvalue weighted by atomic mass is 9.96. The highest BCUT2D eigenvalue weighted by Gasteiger charge is 2.42. The van der Waals surface area contributed by atoms with Crippen molar-refractivity contribution in [1.82, 2.24) is 14.9 Å². The monoisotopic (exact) mass is 630 g/mol. The molecule has 11 heteroatoms. The molecule has 6 rings (SSSR count). The number of nitrogens with zero attached hydrogens (tertiary/aromatic N) is 4. The number of rotatable bonds is 8. The molecule has 1 amide bonds. The van der Waals surface area contributed by atoms with Crippen molar-refractivity contribution in [3.63, 3.8) is 0 Å². The summed E-state index contributed by atoms with van der Waals surface area (Å²) in [7, 11) is 1.47. The van der Waals surface area contributed by atoms with Crippen LogP contribution in [-0.4, -0.2) is 60.6 Å². The zero-order chi connectivity index (χ0) is 30.8.